The summed E-state index contributed by atoms with van der Waals surface area (Å²) in [5.74, 6) is 4.96. The molecule has 0 atom stereocenters. The van der Waals surface area contributed by atoms with E-state index in [1.54, 1.807) is 0 Å². The molecule has 0 nitrogen and oxygen atoms in total. The average Bonchev–Trinajstić information content (AvgIpc) is 3.73. The van der Waals surface area contributed by atoms with Crippen LogP contribution in [0, 0.1) is 24.7 Å². The van der Waals surface area contributed by atoms with Gasteiger partial charge in [0.05, 0.1) is 0 Å². The molecule has 0 aromatic heterocycles. The van der Waals surface area contributed by atoms with E-state index in [4.69, 9.17) is 12.8 Å². The van der Waals surface area contributed by atoms with Crippen LogP contribution in [0.4, 0.5) is 0 Å². The summed E-state index contributed by atoms with van der Waals surface area (Å²) in [6.45, 7) is 12.1. The molecule has 0 spiro atoms. The number of hydrogen-bond acceptors (Lipinski definition) is 0. The summed E-state index contributed by atoms with van der Waals surface area (Å²) >= 11 is 0. The molecule has 8 aromatic rings. The van der Waals surface area contributed by atoms with Crippen LogP contribution in [0.5, 0.6) is 0 Å². The molecule has 0 unspecified atom stereocenters. The molecule has 10 rings (SSSR count). The first-order chi connectivity index (χ1) is 30.1. The van der Waals surface area contributed by atoms with Gasteiger partial charge in [0.2, 0.25) is 0 Å². The van der Waals surface area contributed by atoms with Gasteiger partial charge in [-0.15, -0.1) is 35.4 Å². The number of rotatable bonds is 6. The zero-order valence-electron chi connectivity index (χ0n) is 36.7. The molecule has 2 aliphatic heterocycles. The first kappa shape index (κ1) is 49.1. The molecule has 0 fully saturated rings. The predicted molar refractivity (Wildman–Crippen MR) is 279 cm³/mol. The Labute approximate surface area is 418 Å². The van der Waals surface area contributed by atoms with Crippen molar-refractivity contribution in [3.8, 4) is 34.1 Å². The summed E-state index contributed by atoms with van der Waals surface area (Å²) in [6.07, 6.45) is 14.5. The average molecular weight is 1260 g/mol. The maximum atomic E-state index is 7.26. The Hall–Kier alpha value is -4.35. The van der Waals surface area contributed by atoms with Gasteiger partial charge in [0.15, 0.2) is 4.90 Å². The van der Waals surface area contributed by atoms with Gasteiger partial charge in [0.25, 0.3) is 0 Å². The first-order valence-corrected chi connectivity index (χ1v) is 29.3. The molecule has 2 heterocycles. The monoisotopic (exact) mass is 1260 g/mol. The number of benzene rings is 8. The molecule has 0 bridgehead atoms. The van der Waals surface area contributed by atoms with Crippen LogP contribution in [-0.2, 0) is 44.8 Å². The van der Waals surface area contributed by atoms with Crippen LogP contribution in [0.25, 0.3) is 22.3 Å². The predicted octanol–water partition coefficient (Wildman–Crippen LogP) is 9.72. The fraction of sp³-hybridized carbons (Fsp3) is 0.103. The Kier molecular flexibility index (Phi) is 16.7. The van der Waals surface area contributed by atoms with Gasteiger partial charge in [-0.2, -0.15) is 0 Å². The largest absolute Gasteiger partial charge is 1.00 e. The van der Waals surface area contributed by atoms with Crippen LogP contribution < -0.4 is 42.0 Å². The van der Waals surface area contributed by atoms with Crippen molar-refractivity contribution in [2.24, 2.45) is 0 Å². The number of hydrogen-bond donors (Lipinski definition) is 0. The van der Waals surface area contributed by atoms with Crippen molar-refractivity contribution in [1.82, 2.24) is 0 Å². The van der Waals surface area contributed by atoms with Crippen molar-refractivity contribution in [1.29, 1.82) is 0 Å². The van der Waals surface area contributed by atoms with Crippen LogP contribution in [0.15, 0.2) is 206 Å². The van der Waals surface area contributed by atoms with Crippen LogP contribution in [0.3, 0.4) is 0 Å². The SMILES string of the molecule is CC(C)([PH+](c1ccccc1)c1ccccc1)[PH+](c1ccccc1)c1ccccc1.[Au+].[Au+].[C-]#Cc1ccc2c(c1)-c1ccccc1[Si]2C.[C-]#Cc1ccc2c(c1)[Si](C)(C)c1ccccc1-2. The molecule has 0 saturated heterocycles. The molecule has 6 heteroatoms. The Morgan fingerprint density at radius 3 is 1.28 bits per heavy atom. The van der Waals surface area contributed by atoms with Gasteiger partial charge < -0.3 is 12.8 Å². The summed E-state index contributed by atoms with van der Waals surface area (Å²) in [7, 11) is -4.18. The topological polar surface area (TPSA) is 0 Å². The van der Waals surface area contributed by atoms with Crippen LogP contribution in [0.1, 0.15) is 25.0 Å². The second kappa shape index (κ2) is 21.8. The van der Waals surface area contributed by atoms with E-state index in [9.17, 15) is 0 Å². The van der Waals surface area contributed by atoms with Crippen molar-refractivity contribution < 1.29 is 44.8 Å². The first-order valence-electron chi connectivity index (χ1n) is 21.3. The van der Waals surface area contributed by atoms with E-state index in [0.717, 1.165) is 11.1 Å². The molecule has 0 amide bonds. The fourth-order valence-corrected chi connectivity index (χ4v) is 23.2. The van der Waals surface area contributed by atoms with E-state index < -0.39 is 32.7 Å². The zero-order chi connectivity index (χ0) is 43.3. The maximum absolute atomic E-state index is 7.26. The van der Waals surface area contributed by atoms with Gasteiger partial charge >= 0.3 is 44.8 Å². The van der Waals surface area contributed by atoms with Crippen molar-refractivity contribution in [2.75, 3.05) is 0 Å². The summed E-state index contributed by atoms with van der Waals surface area (Å²) in [6, 6.07) is 74.5. The third-order valence-electron chi connectivity index (χ3n) is 12.4. The van der Waals surface area contributed by atoms with E-state index >= 15 is 0 Å². The van der Waals surface area contributed by atoms with Crippen molar-refractivity contribution in [3.63, 3.8) is 0 Å². The van der Waals surface area contributed by atoms with Gasteiger partial charge in [-0.25, -0.2) is 0 Å². The molecule has 0 aliphatic carbocycles. The van der Waals surface area contributed by atoms with E-state index in [0.29, 0.717) is 0 Å². The molecule has 8 aromatic carbocycles. The van der Waals surface area contributed by atoms with Gasteiger partial charge in [-0.05, 0) is 81.2 Å². The Morgan fingerprint density at radius 2 is 0.797 bits per heavy atom. The molecular formula is C58H51Au2P2Si2+2. The van der Waals surface area contributed by atoms with Crippen molar-refractivity contribution in [2.45, 2.75) is 38.4 Å². The number of fused-ring (bicyclic) bond motifs is 6. The van der Waals surface area contributed by atoms with Crippen LogP contribution in [0.2, 0.25) is 19.6 Å². The van der Waals surface area contributed by atoms with Gasteiger partial charge in [0.1, 0.15) is 53.9 Å². The molecule has 0 N–H and O–H groups in total. The van der Waals surface area contributed by atoms with Gasteiger partial charge in [-0.1, -0.05) is 163 Å². The second-order valence-electron chi connectivity index (χ2n) is 17.0. The summed E-state index contributed by atoms with van der Waals surface area (Å²) in [5, 5.41) is 11.9. The molecule has 2 aliphatic rings. The normalized spacial score (nSPS) is 12.5. The molecule has 321 valence electrons. The smallest absolute Gasteiger partial charge is 0.366 e. The molecular weight excluding hydrogens is 1210 g/mol. The van der Waals surface area contributed by atoms with Crippen molar-refractivity contribution >= 4 is 74.7 Å². The minimum Gasteiger partial charge on any atom is -0.366 e. The van der Waals surface area contributed by atoms with E-state index in [1.165, 1.54) is 64.2 Å². The quantitative estimate of drug-likeness (QED) is 0.0674. The summed E-state index contributed by atoms with van der Waals surface area (Å²) in [5.41, 5.74) is 7.16. The zero-order valence-corrected chi connectivity index (χ0v) is 45.1. The Morgan fingerprint density at radius 1 is 0.422 bits per heavy atom. The summed E-state index contributed by atoms with van der Waals surface area (Å²) in [4.78, 5) is 0.154. The third-order valence-corrected chi connectivity index (χ3v) is 26.1. The van der Waals surface area contributed by atoms with Crippen molar-refractivity contribution in [3.05, 3.63) is 230 Å². The fourth-order valence-electron chi connectivity index (χ4n) is 9.46. The van der Waals surface area contributed by atoms with E-state index in [-0.39, 0.29) is 49.7 Å². The second-order valence-corrected chi connectivity index (χ2v) is 30.4. The Balaban J connectivity index is 0.000000167. The minimum absolute atomic E-state index is 0. The van der Waals surface area contributed by atoms with Crippen LogP contribution in [-0.4, -0.2) is 21.8 Å². The standard InChI is InChI=1S/C27H26P2.C16H13Si.C15H10Si.2Au/c1-27(2,28(23-15-7-3-8-16-23)24-17-9-4-10-18-24)29(25-19-11-5-12-20-25)26-21-13-6-14-22-26;1-4-12-9-10-14-13-7-5-6-8-15(13)17(2,3)16(14)11-12;1-3-11-8-9-15-13(10-11)12-6-4-5-7-14(12)16(15)2;;/h3-22H,1-2H3;5-11H,2-3H3;4-10H,2H3;;/q;2*-1;2*+1/p+2. The molecule has 1 radical (unpaired) electrons. The molecule has 64 heavy (non-hydrogen) atoms. The Bertz CT molecular complexity index is 2740. The molecule has 0 saturated carbocycles. The van der Waals surface area contributed by atoms with Crippen LogP contribution >= 0.6 is 15.8 Å². The van der Waals surface area contributed by atoms with E-state index in [2.05, 4.69) is 239 Å². The van der Waals surface area contributed by atoms with E-state index in [1.807, 2.05) is 12.1 Å². The maximum Gasteiger partial charge on any atom is 1.00 e. The van der Waals surface area contributed by atoms with Gasteiger partial charge in [0, 0.05) is 13.8 Å². The van der Waals surface area contributed by atoms with Gasteiger partial charge in [-0.3, -0.25) is 11.8 Å². The minimum atomic E-state index is -1.55. The summed E-state index contributed by atoms with van der Waals surface area (Å²) < 4.78 is 0. The third kappa shape index (κ3) is 10.1.